The quantitative estimate of drug-likeness (QED) is 0.181. The lowest BCUT2D eigenvalue weighted by Gasteiger charge is -2.19. The van der Waals surface area contributed by atoms with Crippen LogP contribution in [-0.2, 0) is 6.42 Å². The second-order valence-electron chi connectivity index (χ2n) is 14.5. The maximum absolute atomic E-state index is 13.5. The topological polar surface area (TPSA) is 53.5 Å². The van der Waals surface area contributed by atoms with E-state index in [1.54, 1.807) is 6.20 Å². The SMILES string of the molecule is C.C.CC(C)c1cc2cccnc2cc1F.CC(C)c1ccc2c(c1)CCO2.CC(C)c1ccc2c(c1)OCCO2.CC(C)c1ccc2ncccc2c1. The Kier molecular flexibility index (Phi) is 16.5. The highest BCUT2D eigenvalue weighted by Gasteiger charge is 2.14. The van der Waals surface area contributed by atoms with Crippen LogP contribution >= 0.6 is 0 Å². The van der Waals surface area contributed by atoms with Crippen LogP contribution in [-0.4, -0.2) is 29.8 Å². The van der Waals surface area contributed by atoms with E-state index in [9.17, 15) is 4.39 Å². The summed E-state index contributed by atoms with van der Waals surface area (Å²) in [4.78, 5) is 8.38. The van der Waals surface area contributed by atoms with Gasteiger partial charge in [0.1, 0.15) is 24.8 Å². The molecule has 4 aromatic carbocycles. The van der Waals surface area contributed by atoms with Gasteiger partial charge in [-0.15, -0.1) is 0 Å². The van der Waals surface area contributed by atoms with E-state index in [0.29, 0.717) is 31.0 Å². The van der Waals surface area contributed by atoms with Crippen LogP contribution in [0.3, 0.4) is 0 Å². The van der Waals surface area contributed by atoms with Crippen molar-refractivity contribution in [2.45, 2.75) is 100 Å². The lowest BCUT2D eigenvalue weighted by molar-refractivity contribution is 0.171. The van der Waals surface area contributed by atoms with Crippen molar-refractivity contribution in [3.05, 3.63) is 137 Å². The highest BCUT2D eigenvalue weighted by atomic mass is 19.1. The molecular weight excluding hydrogens is 672 g/mol. The fraction of sp³-hybridized carbons (Fsp3) is 0.375. The molecule has 0 bridgehead atoms. The molecule has 0 radical (unpaired) electrons. The Morgan fingerprint density at radius 1 is 0.500 bits per heavy atom. The summed E-state index contributed by atoms with van der Waals surface area (Å²) in [6.07, 6.45) is 4.59. The van der Waals surface area contributed by atoms with Crippen LogP contribution in [0, 0.1) is 5.82 Å². The monoisotopic (exact) mass is 732 g/mol. The van der Waals surface area contributed by atoms with Gasteiger partial charge >= 0.3 is 0 Å². The molecule has 8 rings (SSSR count). The zero-order valence-electron chi connectivity index (χ0n) is 31.9. The Balaban J connectivity index is 0.000000191. The molecular formula is C48H61FN2O3. The van der Waals surface area contributed by atoms with Gasteiger partial charge in [-0.2, -0.15) is 0 Å². The molecule has 6 aromatic rings. The zero-order chi connectivity index (χ0) is 37.2. The molecule has 0 saturated heterocycles. The molecule has 5 nitrogen and oxygen atoms in total. The molecule has 0 fully saturated rings. The van der Waals surface area contributed by atoms with E-state index in [0.717, 1.165) is 52.3 Å². The van der Waals surface area contributed by atoms with Crippen LogP contribution in [0.2, 0.25) is 0 Å². The van der Waals surface area contributed by atoms with E-state index >= 15 is 0 Å². The lowest BCUT2D eigenvalue weighted by atomic mass is 10.00. The number of hydrogen-bond acceptors (Lipinski definition) is 5. The molecule has 0 spiro atoms. The summed E-state index contributed by atoms with van der Waals surface area (Å²) in [7, 11) is 0. The normalized spacial score (nSPS) is 12.3. The molecule has 0 aliphatic carbocycles. The molecule has 0 unspecified atom stereocenters. The van der Waals surface area contributed by atoms with Crippen molar-refractivity contribution in [1.82, 2.24) is 9.97 Å². The van der Waals surface area contributed by atoms with Crippen LogP contribution in [0.5, 0.6) is 17.2 Å². The maximum atomic E-state index is 13.5. The molecule has 0 saturated carbocycles. The summed E-state index contributed by atoms with van der Waals surface area (Å²) >= 11 is 0. The number of aromatic nitrogens is 2. The Labute approximate surface area is 323 Å². The first kappa shape index (κ1) is 43.4. The Morgan fingerprint density at radius 3 is 1.65 bits per heavy atom. The number of halogens is 1. The second-order valence-corrected chi connectivity index (χ2v) is 14.5. The first-order valence-corrected chi connectivity index (χ1v) is 18.5. The summed E-state index contributed by atoms with van der Waals surface area (Å²) in [6, 6.07) is 30.4. The maximum Gasteiger partial charge on any atom is 0.161 e. The Hall–Kier alpha value is -4.97. The molecule has 54 heavy (non-hydrogen) atoms. The molecule has 2 aromatic heterocycles. The third-order valence-electron chi connectivity index (χ3n) is 9.25. The highest BCUT2D eigenvalue weighted by Crippen LogP contribution is 2.33. The zero-order valence-corrected chi connectivity index (χ0v) is 31.9. The number of pyridine rings is 2. The van der Waals surface area contributed by atoms with E-state index in [2.05, 4.69) is 106 Å². The van der Waals surface area contributed by atoms with Crippen LogP contribution in [0.4, 0.5) is 4.39 Å². The van der Waals surface area contributed by atoms with E-state index in [1.165, 1.54) is 33.7 Å². The number of fused-ring (bicyclic) bond motifs is 4. The minimum Gasteiger partial charge on any atom is -0.493 e. The van der Waals surface area contributed by atoms with Crippen molar-refractivity contribution in [2.24, 2.45) is 0 Å². The van der Waals surface area contributed by atoms with Crippen LogP contribution in [0.1, 0.15) is 122 Å². The second kappa shape index (κ2) is 20.5. The fourth-order valence-electron chi connectivity index (χ4n) is 5.99. The smallest absolute Gasteiger partial charge is 0.161 e. The van der Waals surface area contributed by atoms with Gasteiger partial charge in [0, 0.05) is 35.7 Å². The van der Waals surface area contributed by atoms with Crippen molar-refractivity contribution in [3.8, 4) is 17.2 Å². The van der Waals surface area contributed by atoms with Crippen molar-refractivity contribution in [2.75, 3.05) is 19.8 Å². The van der Waals surface area contributed by atoms with E-state index in [-0.39, 0.29) is 26.6 Å². The third kappa shape index (κ3) is 11.5. The number of ether oxygens (including phenoxy) is 3. The van der Waals surface area contributed by atoms with Crippen molar-refractivity contribution < 1.29 is 18.6 Å². The minimum atomic E-state index is -0.161. The van der Waals surface area contributed by atoms with Crippen LogP contribution in [0.25, 0.3) is 21.8 Å². The molecule has 2 aliphatic heterocycles. The van der Waals surface area contributed by atoms with Gasteiger partial charge in [0.2, 0.25) is 0 Å². The standard InChI is InChI=1S/C12H12FN.C12H13N.C11H14O2.C11H14O.2CH4/c1-8(2)10-6-9-4-3-5-14-12(9)7-11(10)13;1-9(2)10-5-6-12-11(8-10)4-3-7-13-12;1-8(2)9-3-4-10-11(7-9)13-6-5-12-10;1-8(2)9-3-4-11-10(7-9)5-6-12-11;;/h3-8H,1-2H3;3-9H,1-2H3;3-4,7-8H,5-6H2,1-2H3;3-4,7-8H,5-6H2,1-2H3;2*1H4. The highest BCUT2D eigenvalue weighted by molar-refractivity contribution is 5.80. The van der Waals surface area contributed by atoms with Gasteiger partial charge in [-0.05, 0) is 100 Å². The van der Waals surface area contributed by atoms with E-state index in [4.69, 9.17) is 14.2 Å². The van der Waals surface area contributed by atoms with E-state index in [1.807, 2.05) is 50.4 Å². The van der Waals surface area contributed by atoms with Crippen LogP contribution < -0.4 is 14.2 Å². The molecule has 288 valence electrons. The van der Waals surface area contributed by atoms with Gasteiger partial charge in [-0.3, -0.25) is 9.97 Å². The molecule has 6 heteroatoms. The minimum absolute atomic E-state index is 0. The Morgan fingerprint density at radius 2 is 1.02 bits per heavy atom. The summed E-state index contributed by atoms with van der Waals surface area (Å²) in [5.41, 5.74) is 8.01. The first-order chi connectivity index (χ1) is 25.0. The third-order valence-corrected chi connectivity index (χ3v) is 9.25. The molecule has 2 aliphatic rings. The van der Waals surface area contributed by atoms with Gasteiger partial charge in [0.05, 0.1) is 17.6 Å². The van der Waals surface area contributed by atoms with E-state index < -0.39 is 0 Å². The van der Waals surface area contributed by atoms with Crippen molar-refractivity contribution in [3.63, 3.8) is 0 Å². The van der Waals surface area contributed by atoms with Crippen molar-refractivity contribution >= 4 is 21.8 Å². The molecule has 0 atom stereocenters. The van der Waals surface area contributed by atoms with Gasteiger partial charge in [-0.1, -0.05) is 107 Å². The summed E-state index contributed by atoms with van der Waals surface area (Å²) in [6.45, 7) is 19.3. The summed E-state index contributed by atoms with van der Waals surface area (Å²) < 4.78 is 29.9. The average Bonchev–Trinajstić information content (AvgIpc) is 3.63. The Bertz CT molecular complexity index is 2070. The largest absolute Gasteiger partial charge is 0.493 e. The van der Waals surface area contributed by atoms with Gasteiger partial charge in [0.25, 0.3) is 0 Å². The van der Waals surface area contributed by atoms with Gasteiger partial charge < -0.3 is 14.2 Å². The predicted octanol–water partition coefficient (Wildman–Crippen LogP) is 13.5. The predicted molar refractivity (Wildman–Crippen MR) is 226 cm³/mol. The lowest BCUT2D eigenvalue weighted by Crippen LogP contribution is -2.15. The molecule has 0 amide bonds. The number of nitrogens with zero attached hydrogens (tertiary/aromatic N) is 2. The average molecular weight is 733 g/mol. The number of hydrogen-bond donors (Lipinski definition) is 0. The molecule has 4 heterocycles. The fourth-order valence-corrected chi connectivity index (χ4v) is 5.99. The van der Waals surface area contributed by atoms with Gasteiger partial charge in [0.15, 0.2) is 11.5 Å². The molecule has 0 N–H and O–H groups in total. The number of rotatable bonds is 4. The summed E-state index contributed by atoms with van der Waals surface area (Å²) in [5.74, 6) is 4.63. The first-order valence-electron chi connectivity index (χ1n) is 18.5. The summed E-state index contributed by atoms with van der Waals surface area (Å²) in [5, 5.41) is 2.23. The van der Waals surface area contributed by atoms with Crippen molar-refractivity contribution in [1.29, 1.82) is 0 Å². The number of benzene rings is 4. The van der Waals surface area contributed by atoms with Gasteiger partial charge in [-0.25, -0.2) is 4.39 Å². The van der Waals surface area contributed by atoms with Crippen LogP contribution in [0.15, 0.2) is 103 Å².